The highest BCUT2D eigenvalue weighted by Gasteiger charge is 2.34. The molecule has 1 aliphatic rings. The van der Waals surface area contributed by atoms with Gasteiger partial charge >= 0.3 is 0 Å². The zero-order valence-corrected chi connectivity index (χ0v) is 9.79. The van der Waals surface area contributed by atoms with Crippen LogP contribution in [0.4, 0.5) is 0 Å². The number of hydrogen-bond acceptors (Lipinski definition) is 3. The van der Waals surface area contributed by atoms with E-state index in [-0.39, 0.29) is 6.04 Å². The minimum Gasteiger partial charge on any atom is -0.409 e. The standard InChI is InChI=1S/C11H23N3O/c1-3-11(5-4-6-11)8-13-9(2)7-10(12)14-15/h9,13,15H,3-8H2,1-2H3,(H2,12,14). The molecule has 4 heteroatoms. The second-order valence-electron chi connectivity index (χ2n) is 4.78. The summed E-state index contributed by atoms with van der Waals surface area (Å²) in [6, 6.07) is 0.282. The molecule has 0 spiro atoms. The molecule has 0 aromatic carbocycles. The molecule has 4 nitrogen and oxygen atoms in total. The van der Waals surface area contributed by atoms with Gasteiger partial charge in [0.2, 0.25) is 0 Å². The van der Waals surface area contributed by atoms with Crippen LogP contribution in [-0.4, -0.2) is 23.6 Å². The van der Waals surface area contributed by atoms with Crippen molar-refractivity contribution in [2.45, 2.75) is 52.0 Å². The van der Waals surface area contributed by atoms with E-state index in [1.54, 1.807) is 0 Å². The third-order valence-electron chi connectivity index (χ3n) is 3.63. The summed E-state index contributed by atoms with van der Waals surface area (Å²) >= 11 is 0. The van der Waals surface area contributed by atoms with Gasteiger partial charge in [-0.05, 0) is 31.6 Å². The highest BCUT2D eigenvalue weighted by atomic mass is 16.4. The van der Waals surface area contributed by atoms with Crippen molar-refractivity contribution >= 4 is 5.84 Å². The molecule has 1 aliphatic carbocycles. The number of amidine groups is 1. The lowest BCUT2D eigenvalue weighted by atomic mass is 9.67. The molecule has 1 unspecified atom stereocenters. The van der Waals surface area contributed by atoms with Gasteiger partial charge in [-0.3, -0.25) is 0 Å². The Balaban J connectivity index is 2.24. The normalized spacial score (nSPS) is 22.1. The van der Waals surface area contributed by atoms with E-state index in [2.05, 4.69) is 24.3 Å². The Labute approximate surface area is 91.9 Å². The monoisotopic (exact) mass is 213 g/mol. The van der Waals surface area contributed by atoms with Crippen LogP contribution in [0.25, 0.3) is 0 Å². The fraction of sp³-hybridized carbons (Fsp3) is 0.909. The minimum absolute atomic E-state index is 0.282. The molecule has 0 radical (unpaired) electrons. The summed E-state index contributed by atoms with van der Waals surface area (Å²) in [5, 5.41) is 14.9. The maximum Gasteiger partial charge on any atom is 0.140 e. The van der Waals surface area contributed by atoms with E-state index in [0.29, 0.717) is 17.7 Å². The maximum absolute atomic E-state index is 8.45. The Hall–Kier alpha value is -0.770. The van der Waals surface area contributed by atoms with Crippen LogP contribution in [0.15, 0.2) is 5.16 Å². The first-order valence-electron chi connectivity index (χ1n) is 5.81. The van der Waals surface area contributed by atoms with Crippen molar-refractivity contribution in [3.05, 3.63) is 0 Å². The predicted octanol–water partition coefficient (Wildman–Crippen LogP) is 1.68. The molecule has 1 atom stereocenters. The maximum atomic E-state index is 8.45. The summed E-state index contributed by atoms with van der Waals surface area (Å²) in [5.41, 5.74) is 5.98. The van der Waals surface area contributed by atoms with Crippen LogP contribution < -0.4 is 11.1 Å². The van der Waals surface area contributed by atoms with Crippen LogP contribution in [0.5, 0.6) is 0 Å². The van der Waals surface area contributed by atoms with Gasteiger partial charge in [0.1, 0.15) is 5.84 Å². The van der Waals surface area contributed by atoms with E-state index in [0.717, 1.165) is 6.54 Å². The average molecular weight is 213 g/mol. The van der Waals surface area contributed by atoms with Gasteiger partial charge in [-0.2, -0.15) is 0 Å². The lowest BCUT2D eigenvalue weighted by molar-refractivity contribution is 0.120. The molecular formula is C11H23N3O. The van der Waals surface area contributed by atoms with Crippen LogP contribution in [0.3, 0.4) is 0 Å². The summed E-state index contributed by atoms with van der Waals surface area (Å²) in [4.78, 5) is 0. The molecule has 0 amide bonds. The first-order valence-corrected chi connectivity index (χ1v) is 5.81. The van der Waals surface area contributed by atoms with Gasteiger partial charge in [0.05, 0.1) is 0 Å². The Morgan fingerprint density at radius 1 is 1.60 bits per heavy atom. The lowest BCUT2D eigenvalue weighted by Gasteiger charge is -2.42. The van der Waals surface area contributed by atoms with E-state index in [9.17, 15) is 0 Å². The van der Waals surface area contributed by atoms with E-state index < -0.39 is 0 Å². The topological polar surface area (TPSA) is 70.6 Å². The fourth-order valence-electron chi connectivity index (χ4n) is 2.15. The van der Waals surface area contributed by atoms with Crippen LogP contribution in [0.1, 0.15) is 46.0 Å². The molecule has 15 heavy (non-hydrogen) atoms. The molecule has 0 aromatic heterocycles. The average Bonchev–Trinajstić information content (AvgIpc) is 2.16. The third kappa shape index (κ3) is 3.38. The molecule has 1 saturated carbocycles. The van der Waals surface area contributed by atoms with Crippen molar-refractivity contribution in [3.8, 4) is 0 Å². The molecule has 0 heterocycles. The van der Waals surface area contributed by atoms with Crippen molar-refractivity contribution in [3.63, 3.8) is 0 Å². The molecule has 1 rings (SSSR count). The van der Waals surface area contributed by atoms with Gasteiger partial charge < -0.3 is 16.3 Å². The predicted molar refractivity (Wildman–Crippen MR) is 62.1 cm³/mol. The van der Waals surface area contributed by atoms with E-state index in [1.807, 2.05) is 0 Å². The zero-order chi connectivity index (χ0) is 11.3. The zero-order valence-electron chi connectivity index (χ0n) is 9.79. The number of hydrogen-bond donors (Lipinski definition) is 3. The lowest BCUT2D eigenvalue weighted by Crippen LogP contribution is -2.43. The van der Waals surface area contributed by atoms with E-state index in [1.165, 1.54) is 25.7 Å². The molecule has 0 aliphatic heterocycles. The van der Waals surface area contributed by atoms with Gasteiger partial charge in [-0.25, -0.2) is 0 Å². The van der Waals surface area contributed by atoms with Gasteiger partial charge in [-0.15, -0.1) is 0 Å². The van der Waals surface area contributed by atoms with E-state index >= 15 is 0 Å². The number of nitrogens with two attached hydrogens (primary N) is 1. The summed E-state index contributed by atoms with van der Waals surface area (Å²) in [5.74, 6) is 0.300. The first-order chi connectivity index (χ1) is 7.12. The largest absolute Gasteiger partial charge is 0.409 e. The fourth-order valence-corrected chi connectivity index (χ4v) is 2.15. The van der Waals surface area contributed by atoms with Gasteiger partial charge in [-0.1, -0.05) is 18.5 Å². The summed E-state index contributed by atoms with van der Waals surface area (Å²) in [6.45, 7) is 5.39. The Morgan fingerprint density at radius 2 is 2.27 bits per heavy atom. The molecule has 0 saturated heterocycles. The summed E-state index contributed by atoms with van der Waals surface area (Å²) in [7, 11) is 0. The van der Waals surface area contributed by atoms with Crippen LogP contribution in [-0.2, 0) is 0 Å². The highest BCUT2D eigenvalue weighted by Crippen LogP contribution is 2.43. The number of nitrogens with zero attached hydrogens (tertiary/aromatic N) is 1. The molecule has 0 bridgehead atoms. The van der Waals surface area contributed by atoms with Crippen molar-refractivity contribution in [2.24, 2.45) is 16.3 Å². The van der Waals surface area contributed by atoms with Crippen molar-refractivity contribution < 1.29 is 5.21 Å². The van der Waals surface area contributed by atoms with E-state index in [4.69, 9.17) is 10.9 Å². The SMILES string of the molecule is CCC1(CNC(C)CC(N)=NO)CCC1. The Kier molecular flexibility index (Phi) is 4.39. The number of oxime groups is 1. The molecular weight excluding hydrogens is 190 g/mol. The van der Waals surface area contributed by atoms with Crippen LogP contribution >= 0.6 is 0 Å². The van der Waals surface area contributed by atoms with Gasteiger partial charge in [0.15, 0.2) is 0 Å². The highest BCUT2D eigenvalue weighted by molar-refractivity contribution is 5.80. The van der Waals surface area contributed by atoms with Crippen LogP contribution in [0.2, 0.25) is 0 Å². The number of rotatable bonds is 6. The smallest absolute Gasteiger partial charge is 0.140 e. The quantitative estimate of drug-likeness (QED) is 0.272. The molecule has 4 N–H and O–H groups in total. The molecule has 0 aromatic rings. The van der Waals surface area contributed by atoms with Gasteiger partial charge in [0.25, 0.3) is 0 Å². The minimum atomic E-state index is 0.282. The molecule has 88 valence electrons. The Bertz CT molecular complexity index is 218. The summed E-state index contributed by atoms with van der Waals surface area (Å²) in [6.07, 6.45) is 5.90. The Morgan fingerprint density at radius 3 is 2.67 bits per heavy atom. The van der Waals surface area contributed by atoms with Crippen molar-refractivity contribution in [1.29, 1.82) is 0 Å². The second kappa shape index (κ2) is 5.35. The second-order valence-corrected chi connectivity index (χ2v) is 4.78. The van der Waals surface area contributed by atoms with Crippen molar-refractivity contribution in [2.75, 3.05) is 6.54 Å². The molecule has 1 fully saturated rings. The number of nitrogens with one attached hydrogen (secondary N) is 1. The third-order valence-corrected chi connectivity index (χ3v) is 3.63. The summed E-state index contributed by atoms with van der Waals surface area (Å²) < 4.78 is 0. The van der Waals surface area contributed by atoms with Crippen molar-refractivity contribution in [1.82, 2.24) is 5.32 Å². The first kappa shape index (κ1) is 12.3. The van der Waals surface area contributed by atoms with Crippen LogP contribution in [0, 0.1) is 5.41 Å². The van der Waals surface area contributed by atoms with Gasteiger partial charge in [0, 0.05) is 19.0 Å².